The molecule has 2 aromatic carbocycles. The molecule has 19 heavy (non-hydrogen) atoms. The lowest BCUT2D eigenvalue weighted by atomic mass is 9.96. The molecule has 0 unspecified atom stereocenters. The quantitative estimate of drug-likeness (QED) is 0.724. The van der Waals surface area contributed by atoms with Crippen molar-refractivity contribution < 1.29 is 9.57 Å². The Kier molecular flexibility index (Phi) is 2.17. The van der Waals surface area contributed by atoms with Gasteiger partial charge in [0.25, 0.3) is 0 Å². The molecule has 2 aliphatic heterocycles. The lowest BCUT2D eigenvalue weighted by Gasteiger charge is -2.25. The zero-order chi connectivity index (χ0) is 12.8. The molecule has 0 N–H and O–H groups in total. The molecule has 0 aliphatic carbocycles. The van der Waals surface area contributed by atoms with Crippen molar-refractivity contribution in [1.29, 1.82) is 0 Å². The summed E-state index contributed by atoms with van der Waals surface area (Å²) in [7, 11) is 0. The Morgan fingerprint density at radius 1 is 0.947 bits per heavy atom. The van der Waals surface area contributed by atoms with Crippen molar-refractivity contribution in [2.75, 3.05) is 5.06 Å². The molecule has 0 amide bonds. The van der Waals surface area contributed by atoms with Crippen LogP contribution in [-0.2, 0) is 4.84 Å². The van der Waals surface area contributed by atoms with Crippen LogP contribution in [0.15, 0.2) is 66.7 Å². The van der Waals surface area contributed by atoms with Crippen LogP contribution in [0.3, 0.4) is 0 Å². The molecular formula is C16H13NO2. The molecule has 0 aromatic heterocycles. The molecule has 2 aliphatic rings. The van der Waals surface area contributed by atoms with Crippen LogP contribution in [0.1, 0.15) is 11.6 Å². The molecular weight excluding hydrogens is 238 g/mol. The van der Waals surface area contributed by atoms with E-state index in [0.717, 1.165) is 22.6 Å². The van der Waals surface area contributed by atoms with E-state index in [1.54, 1.807) is 0 Å². The second-order valence-corrected chi connectivity index (χ2v) is 4.73. The van der Waals surface area contributed by atoms with Gasteiger partial charge >= 0.3 is 0 Å². The fourth-order valence-electron chi connectivity index (χ4n) is 2.65. The summed E-state index contributed by atoms with van der Waals surface area (Å²) >= 11 is 0. The summed E-state index contributed by atoms with van der Waals surface area (Å²) in [6, 6.07) is 18.1. The maximum absolute atomic E-state index is 5.88. The van der Waals surface area contributed by atoms with Crippen LogP contribution in [0.4, 0.5) is 5.69 Å². The van der Waals surface area contributed by atoms with Crippen LogP contribution in [0.2, 0.25) is 0 Å². The molecule has 0 radical (unpaired) electrons. The zero-order valence-electron chi connectivity index (χ0n) is 10.3. The number of benzene rings is 2. The van der Waals surface area contributed by atoms with Crippen LogP contribution in [0.5, 0.6) is 5.75 Å². The van der Waals surface area contributed by atoms with Gasteiger partial charge in [0.1, 0.15) is 11.8 Å². The number of hydrogen-bond donors (Lipinski definition) is 0. The summed E-state index contributed by atoms with van der Waals surface area (Å²) < 4.78 is 5.82. The van der Waals surface area contributed by atoms with Gasteiger partial charge < -0.3 is 4.74 Å². The monoisotopic (exact) mass is 251 g/mol. The van der Waals surface area contributed by atoms with Crippen LogP contribution in [0, 0.1) is 0 Å². The van der Waals surface area contributed by atoms with E-state index in [9.17, 15) is 0 Å². The molecule has 3 nitrogen and oxygen atoms in total. The van der Waals surface area contributed by atoms with Gasteiger partial charge in [-0.2, -0.15) is 0 Å². The predicted molar refractivity (Wildman–Crippen MR) is 72.7 cm³/mol. The SMILES string of the molecule is C=C1[C@@H]2Oc3ccccc3[C@@H]1N(c1ccccc1)O2. The molecule has 4 rings (SSSR count). The van der Waals surface area contributed by atoms with E-state index in [4.69, 9.17) is 9.57 Å². The van der Waals surface area contributed by atoms with Gasteiger partial charge in [0.05, 0.1) is 5.69 Å². The molecule has 1 fully saturated rings. The summed E-state index contributed by atoms with van der Waals surface area (Å²) in [6.07, 6.45) is -0.389. The summed E-state index contributed by atoms with van der Waals surface area (Å²) in [5.74, 6) is 0.878. The Morgan fingerprint density at radius 3 is 2.53 bits per heavy atom. The topological polar surface area (TPSA) is 21.7 Å². The predicted octanol–water partition coefficient (Wildman–Crippen LogP) is 3.45. The highest BCUT2D eigenvalue weighted by Crippen LogP contribution is 2.48. The van der Waals surface area contributed by atoms with Crippen molar-refractivity contribution in [1.82, 2.24) is 0 Å². The second kappa shape index (κ2) is 3.87. The standard InChI is InChI=1S/C16H13NO2/c1-11-15-13-9-5-6-10-14(13)18-16(11)19-17(15)12-7-3-2-4-8-12/h2-10,15-16H,1H2/t15-,16-/m1/s1. The first-order valence-electron chi connectivity index (χ1n) is 6.30. The average Bonchev–Trinajstić information content (AvgIpc) is 2.69. The van der Waals surface area contributed by atoms with Gasteiger partial charge in [0.2, 0.25) is 6.29 Å². The van der Waals surface area contributed by atoms with Crippen LogP contribution in [0.25, 0.3) is 0 Å². The molecule has 0 spiro atoms. The number of ether oxygens (including phenoxy) is 1. The molecule has 0 saturated carbocycles. The van der Waals surface area contributed by atoms with E-state index in [0.29, 0.717) is 0 Å². The lowest BCUT2D eigenvalue weighted by molar-refractivity contribution is -0.0311. The number of fused-ring (bicyclic) bond motifs is 4. The van der Waals surface area contributed by atoms with Crippen molar-refractivity contribution in [2.24, 2.45) is 0 Å². The number of hydroxylamine groups is 1. The maximum Gasteiger partial charge on any atom is 0.248 e. The highest BCUT2D eigenvalue weighted by molar-refractivity contribution is 5.55. The normalized spacial score (nSPS) is 24.0. The van der Waals surface area contributed by atoms with Gasteiger partial charge in [-0.25, -0.2) is 9.90 Å². The minimum Gasteiger partial charge on any atom is -0.458 e. The molecule has 2 aromatic rings. The minimum absolute atomic E-state index is 0.0253. The smallest absolute Gasteiger partial charge is 0.248 e. The Balaban J connectivity index is 1.84. The number of anilines is 1. The number of rotatable bonds is 1. The highest BCUT2D eigenvalue weighted by Gasteiger charge is 2.45. The van der Waals surface area contributed by atoms with E-state index in [1.807, 2.05) is 53.6 Å². The van der Waals surface area contributed by atoms with Gasteiger partial charge in [0.15, 0.2) is 0 Å². The number of hydrogen-bond acceptors (Lipinski definition) is 3. The van der Waals surface area contributed by atoms with Gasteiger partial charge in [-0.15, -0.1) is 0 Å². The first-order chi connectivity index (χ1) is 9.34. The van der Waals surface area contributed by atoms with Crippen LogP contribution < -0.4 is 9.80 Å². The van der Waals surface area contributed by atoms with Gasteiger partial charge in [-0.3, -0.25) is 0 Å². The van der Waals surface area contributed by atoms with Crippen LogP contribution in [-0.4, -0.2) is 6.29 Å². The minimum atomic E-state index is -0.389. The molecule has 94 valence electrons. The van der Waals surface area contributed by atoms with E-state index < -0.39 is 0 Å². The summed E-state index contributed by atoms with van der Waals surface area (Å²) in [4.78, 5) is 5.88. The first kappa shape index (κ1) is 10.6. The fraction of sp³-hybridized carbons (Fsp3) is 0.125. The van der Waals surface area contributed by atoms with Gasteiger partial charge in [-0.1, -0.05) is 43.0 Å². The molecule has 3 heteroatoms. The Hall–Kier alpha value is -2.26. The van der Waals surface area contributed by atoms with Crippen LogP contribution >= 0.6 is 0 Å². The van der Waals surface area contributed by atoms with E-state index in [2.05, 4.69) is 12.6 Å². The largest absolute Gasteiger partial charge is 0.458 e. The van der Waals surface area contributed by atoms with E-state index in [1.165, 1.54) is 0 Å². The average molecular weight is 251 g/mol. The summed E-state index contributed by atoms with van der Waals surface area (Å²) in [6.45, 7) is 4.12. The Bertz CT molecular complexity index is 638. The fourth-order valence-corrected chi connectivity index (χ4v) is 2.65. The highest BCUT2D eigenvalue weighted by atomic mass is 16.8. The van der Waals surface area contributed by atoms with Gasteiger partial charge in [-0.05, 0) is 18.2 Å². The van der Waals surface area contributed by atoms with E-state index >= 15 is 0 Å². The van der Waals surface area contributed by atoms with E-state index in [-0.39, 0.29) is 12.3 Å². The third-order valence-corrected chi connectivity index (χ3v) is 3.56. The number of nitrogens with zero attached hydrogens (tertiary/aromatic N) is 1. The Morgan fingerprint density at radius 2 is 1.68 bits per heavy atom. The molecule has 2 bridgehead atoms. The van der Waals surface area contributed by atoms with Gasteiger partial charge in [0, 0.05) is 11.1 Å². The first-order valence-corrected chi connectivity index (χ1v) is 6.30. The van der Waals surface area contributed by atoms with Crippen molar-refractivity contribution in [2.45, 2.75) is 12.3 Å². The second-order valence-electron chi connectivity index (χ2n) is 4.73. The maximum atomic E-state index is 5.88. The van der Waals surface area contributed by atoms with Crippen molar-refractivity contribution in [3.8, 4) is 5.75 Å². The zero-order valence-corrected chi connectivity index (χ0v) is 10.3. The number of para-hydroxylation sites is 2. The summed E-state index contributed by atoms with van der Waals surface area (Å²) in [5.41, 5.74) is 3.06. The molecule has 2 atom stereocenters. The lowest BCUT2D eigenvalue weighted by Crippen LogP contribution is -2.21. The third-order valence-electron chi connectivity index (χ3n) is 3.56. The molecule has 2 heterocycles. The Labute approximate surface area is 111 Å². The third kappa shape index (κ3) is 1.48. The van der Waals surface area contributed by atoms with Crippen molar-refractivity contribution in [3.05, 3.63) is 72.3 Å². The summed E-state index contributed by atoms with van der Waals surface area (Å²) in [5, 5.41) is 1.89. The molecule has 1 saturated heterocycles. The van der Waals surface area contributed by atoms with Crippen molar-refractivity contribution in [3.63, 3.8) is 0 Å². The van der Waals surface area contributed by atoms with Crippen molar-refractivity contribution >= 4 is 5.69 Å².